The summed E-state index contributed by atoms with van der Waals surface area (Å²) in [4.78, 5) is 13.8. The van der Waals surface area contributed by atoms with Gasteiger partial charge in [0.05, 0.1) is 11.6 Å². The Hall–Kier alpha value is -3.97. The lowest BCUT2D eigenvalue weighted by Gasteiger charge is -2.11. The summed E-state index contributed by atoms with van der Waals surface area (Å²) >= 11 is 1.31. The Morgan fingerprint density at radius 3 is 2.55 bits per heavy atom. The highest BCUT2D eigenvalue weighted by Gasteiger charge is 2.15. The van der Waals surface area contributed by atoms with Gasteiger partial charge < -0.3 is 9.47 Å². The number of fused-ring (bicyclic) bond motifs is 1. The highest BCUT2D eigenvalue weighted by molar-refractivity contribution is 7.15. The number of aryl methyl sites for hydroxylation is 1. The van der Waals surface area contributed by atoms with Crippen molar-refractivity contribution in [1.82, 2.24) is 14.6 Å². The van der Waals surface area contributed by atoms with Gasteiger partial charge in [0.25, 0.3) is 5.56 Å². The molecule has 2 heterocycles. The minimum absolute atomic E-state index is 0.137. The average Bonchev–Trinajstić information content (AvgIpc) is 3.39. The van der Waals surface area contributed by atoms with E-state index in [-0.39, 0.29) is 5.56 Å². The molecular formula is C26H21N3O3S. The molecule has 0 bridgehead atoms. The normalized spacial score (nSPS) is 11.8. The standard InChI is InChI=1S/C26H21N3O3S/c1-17-8-6-7-11-20(17)24-27-28-26-29(24)25(30)23(33-26)15-19-12-13-21(22(14-19)31-2)32-16-18-9-4-3-5-10-18/h3-15H,16H2,1-2H3/b23-15-. The van der Waals surface area contributed by atoms with Crippen LogP contribution in [0.4, 0.5) is 0 Å². The van der Waals surface area contributed by atoms with Crippen molar-refractivity contribution < 1.29 is 9.47 Å². The van der Waals surface area contributed by atoms with Gasteiger partial charge in [-0.25, -0.2) is 4.40 Å². The maximum Gasteiger partial charge on any atom is 0.276 e. The molecule has 0 unspecified atom stereocenters. The van der Waals surface area contributed by atoms with E-state index in [9.17, 15) is 4.79 Å². The van der Waals surface area contributed by atoms with Crippen LogP contribution in [-0.4, -0.2) is 21.7 Å². The molecule has 0 saturated carbocycles. The molecule has 0 radical (unpaired) electrons. The van der Waals surface area contributed by atoms with E-state index in [2.05, 4.69) is 10.2 Å². The number of nitrogens with zero attached hydrogens (tertiary/aromatic N) is 3. The van der Waals surface area contributed by atoms with Crippen LogP contribution >= 0.6 is 11.3 Å². The SMILES string of the molecule is COc1cc(/C=c2\sc3nnc(-c4ccccc4C)n3c2=O)ccc1OCc1ccccc1. The Kier molecular flexibility index (Phi) is 5.62. The fourth-order valence-electron chi connectivity index (χ4n) is 3.64. The zero-order valence-electron chi connectivity index (χ0n) is 18.2. The molecule has 0 saturated heterocycles. The second-order valence-corrected chi connectivity index (χ2v) is 8.57. The summed E-state index contributed by atoms with van der Waals surface area (Å²) in [6, 6.07) is 23.4. The third-order valence-corrected chi connectivity index (χ3v) is 6.32. The molecule has 7 heteroatoms. The van der Waals surface area contributed by atoms with Gasteiger partial charge in [0.15, 0.2) is 17.3 Å². The zero-order valence-corrected chi connectivity index (χ0v) is 19.0. The van der Waals surface area contributed by atoms with Crippen molar-refractivity contribution in [3.63, 3.8) is 0 Å². The Bertz CT molecular complexity index is 1540. The molecule has 0 aliphatic heterocycles. The van der Waals surface area contributed by atoms with Crippen molar-refractivity contribution in [3.05, 3.63) is 104 Å². The van der Waals surface area contributed by atoms with Crippen LogP contribution < -0.4 is 19.6 Å². The fourth-order valence-corrected chi connectivity index (χ4v) is 4.55. The smallest absolute Gasteiger partial charge is 0.276 e. The molecule has 2 aromatic heterocycles. The van der Waals surface area contributed by atoms with Gasteiger partial charge in [-0.05, 0) is 41.8 Å². The van der Waals surface area contributed by atoms with Crippen LogP contribution in [0.15, 0.2) is 77.6 Å². The van der Waals surface area contributed by atoms with Gasteiger partial charge in [0.2, 0.25) is 4.96 Å². The average molecular weight is 456 g/mol. The first kappa shape index (κ1) is 20.9. The molecule has 5 rings (SSSR count). The summed E-state index contributed by atoms with van der Waals surface area (Å²) in [7, 11) is 1.60. The topological polar surface area (TPSA) is 65.7 Å². The maximum atomic E-state index is 13.2. The Labute approximate surface area is 194 Å². The first-order valence-electron chi connectivity index (χ1n) is 10.4. The van der Waals surface area contributed by atoms with E-state index in [1.807, 2.05) is 85.8 Å². The van der Waals surface area contributed by atoms with Crippen LogP contribution in [0.3, 0.4) is 0 Å². The van der Waals surface area contributed by atoms with Crippen LogP contribution in [0.25, 0.3) is 22.4 Å². The number of methoxy groups -OCH3 is 1. The van der Waals surface area contributed by atoms with Crippen LogP contribution in [0.1, 0.15) is 16.7 Å². The van der Waals surface area contributed by atoms with Gasteiger partial charge >= 0.3 is 0 Å². The molecule has 0 atom stereocenters. The Morgan fingerprint density at radius 2 is 1.76 bits per heavy atom. The predicted octanol–water partition coefficient (Wildman–Crippen LogP) is 4.26. The molecule has 3 aromatic carbocycles. The summed E-state index contributed by atoms with van der Waals surface area (Å²) in [6.07, 6.45) is 1.84. The lowest BCUT2D eigenvalue weighted by atomic mass is 10.1. The first-order chi connectivity index (χ1) is 16.1. The minimum Gasteiger partial charge on any atom is -0.493 e. The van der Waals surface area contributed by atoms with Gasteiger partial charge in [-0.1, -0.05) is 72.0 Å². The van der Waals surface area contributed by atoms with Crippen LogP contribution in [-0.2, 0) is 6.61 Å². The summed E-state index contributed by atoms with van der Waals surface area (Å²) in [6.45, 7) is 2.44. The summed E-state index contributed by atoms with van der Waals surface area (Å²) in [5.41, 5.74) is 3.71. The van der Waals surface area contributed by atoms with Crippen molar-refractivity contribution in [2.45, 2.75) is 13.5 Å². The van der Waals surface area contributed by atoms with Crippen LogP contribution in [0.5, 0.6) is 11.5 Å². The second kappa shape index (κ2) is 8.88. The van der Waals surface area contributed by atoms with E-state index in [0.717, 1.165) is 22.3 Å². The minimum atomic E-state index is -0.137. The van der Waals surface area contributed by atoms with Crippen LogP contribution in [0.2, 0.25) is 0 Å². The first-order valence-corrected chi connectivity index (χ1v) is 11.3. The molecule has 0 fully saturated rings. The molecule has 0 N–H and O–H groups in total. The number of rotatable bonds is 6. The van der Waals surface area contributed by atoms with Gasteiger partial charge in [0, 0.05) is 5.56 Å². The highest BCUT2D eigenvalue weighted by atomic mass is 32.1. The lowest BCUT2D eigenvalue weighted by molar-refractivity contribution is 0.284. The van der Waals surface area contributed by atoms with Crippen molar-refractivity contribution in [1.29, 1.82) is 0 Å². The molecule has 0 amide bonds. The van der Waals surface area contributed by atoms with Gasteiger partial charge in [0.1, 0.15) is 6.61 Å². The molecule has 5 aromatic rings. The third-order valence-electron chi connectivity index (χ3n) is 5.36. The monoisotopic (exact) mass is 455 g/mol. The maximum absolute atomic E-state index is 13.2. The second-order valence-electron chi connectivity index (χ2n) is 7.56. The number of thiazole rings is 1. The van der Waals surface area contributed by atoms with E-state index in [0.29, 0.717) is 33.4 Å². The molecule has 0 aliphatic rings. The van der Waals surface area contributed by atoms with E-state index >= 15 is 0 Å². The fraction of sp³-hybridized carbons (Fsp3) is 0.115. The molecule has 33 heavy (non-hydrogen) atoms. The van der Waals surface area contributed by atoms with Gasteiger partial charge in [-0.3, -0.25) is 4.79 Å². The van der Waals surface area contributed by atoms with E-state index in [1.54, 1.807) is 11.5 Å². The van der Waals surface area contributed by atoms with Gasteiger partial charge in [-0.2, -0.15) is 0 Å². The number of hydrogen-bond donors (Lipinski definition) is 0. The van der Waals surface area contributed by atoms with E-state index in [1.165, 1.54) is 11.3 Å². The van der Waals surface area contributed by atoms with Crippen molar-refractivity contribution in [2.24, 2.45) is 0 Å². The summed E-state index contributed by atoms with van der Waals surface area (Å²) < 4.78 is 13.6. The Balaban J connectivity index is 1.49. The predicted molar refractivity (Wildman–Crippen MR) is 130 cm³/mol. The van der Waals surface area contributed by atoms with Crippen molar-refractivity contribution >= 4 is 22.4 Å². The molecule has 6 nitrogen and oxygen atoms in total. The number of benzene rings is 3. The summed E-state index contributed by atoms with van der Waals surface area (Å²) in [5, 5.41) is 8.48. The van der Waals surface area contributed by atoms with Crippen molar-refractivity contribution in [2.75, 3.05) is 7.11 Å². The van der Waals surface area contributed by atoms with Gasteiger partial charge in [-0.15, -0.1) is 10.2 Å². The lowest BCUT2D eigenvalue weighted by Crippen LogP contribution is -2.23. The third kappa shape index (κ3) is 4.10. The number of aromatic nitrogens is 3. The quantitative estimate of drug-likeness (QED) is 0.383. The Morgan fingerprint density at radius 1 is 0.970 bits per heavy atom. The summed E-state index contributed by atoms with van der Waals surface area (Å²) in [5.74, 6) is 1.81. The molecule has 0 spiro atoms. The number of hydrogen-bond acceptors (Lipinski definition) is 6. The highest BCUT2D eigenvalue weighted by Crippen LogP contribution is 2.29. The van der Waals surface area contributed by atoms with Crippen molar-refractivity contribution in [3.8, 4) is 22.9 Å². The molecular weight excluding hydrogens is 434 g/mol. The van der Waals surface area contributed by atoms with Crippen LogP contribution in [0, 0.1) is 6.92 Å². The largest absolute Gasteiger partial charge is 0.493 e. The van der Waals surface area contributed by atoms with E-state index < -0.39 is 0 Å². The number of ether oxygens (including phenoxy) is 2. The molecule has 164 valence electrons. The molecule has 0 aliphatic carbocycles. The zero-order chi connectivity index (χ0) is 22.8. The van der Waals surface area contributed by atoms with E-state index in [4.69, 9.17) is 9.47 Å².